The van der Waals surface area contributed by atoms with E-state index in [4.69, 9.17) is 9.15 Å². The van der Waals surface area contributed by atoms with Gasteiger partial charge in [-0.25, -0.2) is 0 Å². The lowest BCUT2D eigenvalue weighted by Gasteiger charge is -2.25. The van der Waals surface area contributed by atoms with Gasteiger partial charge in [0.2, 0.25) is 5.76 Å². The summed E-state index contributed by atoms with van der Waals surface area (Å²) in [5, 5.41) is 0.467. The van der Waals surface area contributed by atoms with Crippen LogP contribution >= 0.6 is 0 Å². The van der Waals surface area contributed by atoms with E-state index in [0.29, 0.717) is 28.9 Å². The Kier molecular flexibility index (Phi) is 5.26. The molecule has 0 radical (unpaired) electrons. The van der Waals surface area contributed by atoms with Gasteiger partial charge in [0.15, 0.2) is 5.43 Å². The number of nitrogens with zero attached hydrogens (tertiary/aromatic N) is 2. The molecule has 4 aromatic rings. The number of carbonyl (C=O) groups is 1. The molecule has 2 aromatic heterocycles. The molecule has 0 aliphatic carbocycles. The van der Waals surface area contributed by atoms with Crippen LogP contribution in [0.2, 0.25) is 0 Å². The Balaban J connectivity index is 1.70. The minimum atomic E-state index is -0.610. The zero-order valence-corrected chi connectivity index (χ0v) is 18.2. The van der Waals surface area contributed by atoms with E-state index >= 15 is 0 Å². The summed E-state index contributed by atoms with van der Waals surface area (Å²) < 4.78 is 11.7. The first kappa shape index (κ1) is 20.7. The highest BCUT2D eigenvalue weighted by atomic mass is 16.5. The molecule has 6 nitrogen and oxygen atoms in total. The van der Waals surface area contributed by atoms with Crippen LogP contribution in [0.25, 0.3) is 11.0 Å². The summed E-state index contributed by atoms with van der Waals surface area (Å²) >= 11 is 0. The third-order valence-corrected chi connectivity index (χ3v) is 5.74. The Morgan fingerprint density at radius 3 is 2.82 bits per heavy atom. The number of carbonyl (C=O) groups excluding carboxylic acids is 1. The molecule has 1 aliphatic rings. The number of pyridine rings is 1. The number of fused-ring (bicyclic) bond motifs is 2. The van der Waals surface area contributed by atoms with Crippen LogP contribution in [0.1, 0.15) is 38.9 Å². The minimum absolute atomic E-state index is 0.0858. The molecular formula is C27H22N2O4. The molecule has 33 heavy (non-hydrogen) atoms. The third kappa shape index (κ3) is 3.69. The van der Waals surface area contributed by atoms with Crippen LogP contribution in [0.4, 0.5) is 0 Å². The van der Waals surface area contributed by atoms with Gasteiger partial charge < -0.3 is 14.1 Å². The van der Waals surface area contributed by atoms with Crippen molar-refractivity contribution in [3.8, 4) is 5.75 Å². The quantitative estimate of drug-likeness (QED) is 0.404. The molecule has 0 bridgehead atoms. The standard InChI is InChI=1S/C27H22N2O4/c1-3-12-32-20-8-4-7-19(14-20)24-23-25(30)21-13-17(2)9-10-22(21)33-26(23)27(31)29(24)16-18-6-5-11-28-15-18/h3-11,13-15,24H,1,12,16H2,2H3/t24-/m0/s1. The summed E-state index contributed by atoms with van der Waals surface area (Å²) in [6, 6.07) is 16.0. The average molecular weight is 438 g/mol. The van der Waals surface area contributed by atoms with Gasteiger partial charge in [0, 0.05) is 18.9 Å². The fourth-order valence-electron chi connectivity index (χ4n) is 4.26. The largest absolute Gasteiger partial charge is 0.490 e. The van der Waals surface area contributed by atoms with Crippen molar-refractivity contribution in [2.24, 2.45) is 0 Å². The Labute approximate surface area is 190 Å². The molecule has 1 amide bonds. The molecule has 6 heteroatoms. The van der Waals surface area contributed by atoms with Gasteiger partial charge in [0.05, 0.1) is 17.0 Å². The Morgan fingerprint density at radius 1 is 1.15 bits per heavy atom. The van der Waals surface area contributed by atoms with E-state index in [0.717, 1.165) is 16.7 Å². The molecule has 0 spiro atoms. The van der Waals surface area contributed by atoms with E-state index in [1.54, 1.807) is 35.5 Å². The van der Waals surface area contributed by atoms with Gasteiger partial charge >= 0.3 is 0 Å². The van der Waals surface area contributed by atoms with Gasteiger partial charge in [0.1, 0.15) is 17.9 Å². The fraction of sp³-hybridized carbons (Fsp3) is 0.148. The number of ether oxygens (including phenoxy) is 1. The predicted octanol–water partition coefficient (Wildman–Crippen LogP) is 4.81. The van der Waals surface area contributed by atoms with E-state index in [2.05, 4.69) is 11.6 Å². The van der Waals surface area contributed by atoms with Crippen molar-refractivity contribution in [3.63, 3.8) is 0 Å². The summed E-state index contributed by atoms with van der Waals surface area (Å²) in [5.41, 5.74) is 3.13. The predicted molar refractivity (Wildman–Crippen MR) is 125 cm³/mol. The minimum Gasteiger partial charge on any atom is -0.490 e. The van der Waals surface area contributed by atoms with Crippen molar-refractivity contribution in [3.05, 3.63) is 118 Å². The molecule has 0 fully saturated rings. The van der Waals surface area contributed by atoms with E-state index < -0.39 is 6.04 Å². The van der Waals surface area contributed by atoms with Gasteiger partial charge in [-0.15, -0.1) is 0 Å². The number of benzene rings is 2. The van der Waals surface area contributed by atoms with Crippen LogP contribution in [0.5, 0.6) is 5.75 Å². The molecule has 164 valence electrons. The lowest BCUT2D eigenvalue weighted by atomic mass is 9.97. The zero-order valence-electron chi connectivity index (χ0n) is 18.2. The van der Waals surface area contributed by atoms with Crippen molar-refractivity contribution in [2.45, 2.75) is 19.5 Å². The van der Waals surface area contributed by atoms with Crippen molar-refractivity contribution in [2.75, 3.05) is 6.61 Å². The third-order valence-electron chi connectivity index (χ3n) is 5.74. The van der Waals surface area contributed by atoms with Gasteiger partial charge in [-0.2, -0.15) is 0 Å². The molecule has 3 heterocycles. The molecule has 0 unspecified atom stereocenters. The first-order valence-corrected chi connectivity index (χ1v) is 10.7. The number of aryl methyl sites for hydroxylation is 1. The normalized spacial score (nSPS) is 15.0. The van der Waals surface area contributed by atoms with Crippen LogP contribution in [-0.4, -0.2) is 22.4 Å². The molecule has 2 aromatic carbocycles. The van der Waals surface area contributed by atoms with Gasteiger partial charge in [-0.1, -0.05) is 42.5 Å². The van der Waals surface area contributed by atoms with Crippen LogP contribution in [0.15, 0.2) is 88.9 Å². The highest BCUT2D eigenvalue weighted by molar-refractivity contribution is 5.99. The second-order valence-corrected chi connectivity index (χ2v) is 8.04. The smallest absolute Gasteiger partial charge is 0.291 e. The van der Waals surface area contributed by atoms with Crippen molar-refractivity contribution < 1.29 is 13.9 Å². The SMILES string of the molecule is C=CCOc1cccc([C@H]2c3c(oc4ccc(C)cc4c3=O)C(=O)N2Cc2cccnc2)c1. The second-order valence-electron chi connectivity index (χ2n) is 8.04. The number of amides is 1. The van der Waals surface area contributed by atoms with Gasteiger partial charge in [-0.3, -0.25) is 14.6 Å². The first-order valence-electron chi connectivity index (χ1n) is 10.7. The van der Waals surface area contributed by atoms with Crippen molar-refractivity contribution in [1.82, 2.24) is 9.88 Å². The Bertz CT molecular complexity index is 1430. The summed E-state index contributed by atoms with van der Waals surface area (Å²) in [6.07, 6.45) is 5.06. The molecule has 1 atom stereocenters. The molecule has 1 aliphatic heterocycles. The highest BCUT2D eigenvalue weighted by Gasteiger charge is 2.42. The Hall–Kier alpha value is -4.19. The maximum Gasteiger partial charge on any atom is 0.291 e. The van der Waals surface area contributed by atoms with Crippen molar-refractivity contribution in [1.29, 1.82) is 0 Å². The molecule has 0 saturated heterocycles. The van der Waals surface area contributed by atoms with Crippen molar-refractivity contribution >= 4 is 16.9 Å². The van der Waals surface area contributed by atoms with E-state index in [1.165, 1.54) is 0 Å². The summed E-state index contributed by atoms with van der Waals surface area (Å²) in [5.74, 6) is 0.397. The first-order chi connectivity index (χ1) is 16.1. The molecule has 0 N–H and O–H groups in total. The highest BCUT2D eigenvalue weighted by Crippen LogP contribution is 2.40. The van der Waals surface area contributed by atoms with Crippen LogP contribution in [0.3, 0.4) is 0 Å². The van der Waals surface area contributed by atoms with Gasteiger partial charge in [-0.05, 0) is 48.4 Å². The molecule has 0 saturated carbocycles. The Morgan fingerprint density at radius 2 is 2.03 bits per heavy atom. The summed E-state index contributed by atoms with van der Waals surface area (Å²) in [6.45, 7) is 6.25. The maximum atomic E-state index is 13.7. The number of aromatic nitrogens is 1. The van der Waals surface area contributed by atoms with Crippen LogP contribution in [0, 0.1) is 6.92 Å². The monoisotopic (exact) mass is 438 g/mol. The molecular weight excluding hydrogens is 416 g/mol. The van der Waals surface area contributed by atoms with E-state index in [1.807, 2.05) is 49.4 Å². The second kappa shape index (κ2) is 8.39. The lowest BCUT2D eigenvalue weighted by molar-refractivity contribution is 0.0714. The fourth-order valence-corrected chi connectivity index (χ4v) is 4.26. The topological polar surface area (TPSA) is 72.6 Å². The van der Waals surface area contributed by atoms with Crippen LogP contribution in [-0.2, 0) is 6.54 Å². The van der Waals surface area contributed by atoms with Crippen LogP contribution < -0.4 is 10.2 Å². The zero-order chi connectivity index (χ0) is 22.9. The lowest BCUT2D eigenvalue weighted by Crippen LogP contribution is -2.29. The number of rotatable bonds is 6. The average Bonchev–Trinajstić information content (AvgIpc) is 3.11. The maximum absolute atomic E-state index is 13.7. The van der Waals surface area contributed by atoms with Gasteiger partial charge in [0.25, 0.3) is 5.91 Å². The summed E-state index contributed by atoms with van der Waals surface area (Å²) in [4.78, 5) is 33.0. The number of hydrogen-bond donors (Lipinski definition) is 0. The molecule has 5 rings (SSSR count). The van der Waals surface area contributed by atoms with E-state index in [9.17, 15) is 9.59 Å². The number of hydrogen-bond acceptors (Lipinski definition) is 5. The van der Waals surface area contributed by atoms with E-state index in [-0.39, 0.29) is 23.6 Å². The summed E-state index contributed by atoms with van der Waals surface area (Å²) in [7, 11) is 0.